The normalized spacial score (nSPS) is 25.5. The van der Waals surface area contributed by atoms with Gasteiger partial charge < -0.3 is 10.2 Å². The Kier molecular flexibility index (Phi) is 6.78. The van der Waals surface area contributed by atoms with E-state index in [-0.39, 0.29) is 0 Å². The zero-order valence-corrected chi connectivity index (χ0v) is 12.0. The standard InChI is InChI=1S/C13H28N2S/c1-4-15(5-2)10-7-9-14-12-13(3)8-6-11-16-13/h14H,4-12H2,1-3H3. The van der Waals surface area contributed by atoms with Crippen molar-refractivity contribution in [2.24, 2.45) is 0 Å². The smallest absolute Gasteiger partial charge is 0.0256 e. The quantitative estimate of drug-likeness (QED) is 0.661. The van der Waals surface area contributed by atoms with E-state index in [9.17, 15) is 0 Å². The van der Waals surface area contributed by atoms with E-state index in [4.69, 9.17) is 0 Å². The first-order valence-corrected chi connectivity index (χ1v) is 7.76. The number of nitrogens with zero attached hydrogens (tertiary/aromatic N) is 1. The molecule has 1 fully saturated rings. The lowest BCUT2D eigenvalue weighted by atomic mass is 10.1. The van der Waals surface area contributed by atoms with Crippen molar-refractivity contribution in [3.8, 4) is 0 Å². The van der Waals surface area contributed by atoms with E-state index in [0.29, 0.717) is 4.75 Å². The zero-order chi connectivity index (χ0) is 11.9. The average Bonchev–Trinajstić information content (AvgIpc) is 2.71. The van der Waals surface area contributed by atoms with Gasteiger partial charge in [-0.05, 0) is 58.1 Å². The molecule has 1 heterocycles. The molecule has 3 heteroatoms. The Morgan fingerprint density at radius 1 is 1.31 bits per heavy atom. The summed E-state index contributed by atoms with van der Waals surface area (Å²) in [4.78, 5) is 2.49. The van der Waals surface area contributed by atoms with Crippen LogP contribution in [0.1, 0.15) is 40.0 Å². The van der Waals surface area contributed by atoms with E-state index in [1.165, 1.54) is 57.7 Å². The van der Waals surface area contributed by atoms with E-state index in [1.54, 1.807) is 0 Å². The average molecular weight is 244 g/mol. The molecule has 1 aliphatic heterocycles. The summed E-state index contributed by atoms with van der Waals surface area (Å²) in [7, 11) is 0. The summed E-state index contributed by atoms with van der Waals surface area (Å²) < 4.78 is 0.523. The second-order valence-electron chi connectivity index (χ2n) is 4.96. The predicted molar refractivity (Wildman–Crippen MR) is 75.4 cm³/mol. The Hall–Kier alpha value is 0.270. The Bertz CT molecular complexity index is 175. The second-order valence-corrected chi connectivity index (χ2v) is 6.64. The van der Waals surface area contributed by atoms with Crippen LogP contribution >= 0.6 is 11.8 Å². The van der Waals surface area contributed by atoms with Gasteiger partial charge in [-0.2, -0.15) is 11.8 Å². The largest absolute Gasteiger partial charge is 0.315 e. The first-order valence-electron chi connectivity index (χ1n) is 6.77. The summed E-state index contributed by atoms with van der Waals surface area (Å²) in [6, 6.07) is 0. The molecule has 16 heavy (non-hydrogen) atoms. The van der Waals surface area contributed by atoms with E-state index in [0.717, 1.165) is 0 Å². The first-order chi connectivity index (χ1) is 7.70. The Morgan fingerprint density at radius 3 is 2.62 bits per heavy atom. The number of hydrogen-bond acceptors (Lipinski definition) is 3. The molecule has 1 rings (SSSR count). The Labute approximate surface area is 106 Å². The lowest BCUT2D eigenvalue weighted by Crippen LogP contribution is -2.34. The van der Waals surface area contributed by atoms with Crippen LogP contribution in [0.4, 0.5) is 0 Å². The summed E-state index contributed by atoms with van der Waals surface area (Å²) in [5.41, 5.74) is 0. The number of thioether (sulfide) groups is 1. The fraction of sp³-hybridized carbons (Fsp3) is 1.00. The lowest BCUT2D eigenvalue weighted by molar-refractivity contribution is 0.297. The topological polar surface area (TPSA) is 15.3 Å². The van der Waals surface area contributed by atoms with Crippen molar-refractivity contribution in [2.45, 2.75) is 44.8 Å². The first kappa shape index (κ1) is 14.3. The van der Waals surface area contributed by atoms with E-state index >= 15 is 0 Å². The van der Waals surface area contributed by atoms with E-state index in [1.807, 2.05) is 0 Å². The highest BCUT2D eigenvalue weighted by atomic mass is 32.2. The minimum atomic E-state index is 0.523. The Balaban J connectivity index is 1.99. The maximum absolute atomic E-state index is 3.62. The van der Waals surface area contributed by atoms with Crippen molar-refractivity contribution in [3.05, 3.63) is 0 Å². The minimum absolute atomic E-state index is 0.523. The second kappa shape index (κ2) is 7.57. The summed E-state index contributed by atoms with van der Waals surface area (Å²) in [5, 5.41) is 3.62. The van der Waals surface area contributed by atoms with Crippen LogP contribution in [0.3, 0.4) is 0 Å². The van der Waals surface area contributed by atoms with Crippen LogP contribution in [0.15, 0.2) is 0 Å². The van der Waals surface area contributed by atoms with Gasteiger partial charge in [0.05, 0.1) is 0 Å². The third-order valence-electron chi connectivity index (χ3n) is 3.52. The zero-order valence-electron chi connectivity index (χ0n) is 11.2. The SMILES string of the molecule is CCN(CC)CCCNCC1(C)CCCS1. The molecule has 0 spiro atoms. The maximum atomic E-state index is 3.62. The van der Waals surface area contributed by atoms with Gasteiger partial charge in [-0.1, -0.05) is 13.8 Å². The van der Waals surface area contributed by atoms with Gasteiger partial charge in [-0.15, -0.1) is 0 Å². The molecule has 0 radical (unpaired) electrons. The fourth-order valence-corrected chi connectivity index (χ4v) is 3.57. The van der Waals surface area contributed by atoms with Gasteiger partial charge in [0, 0.05) is 11.3 Å². The van der Waals surface area contributed by atoms with Crippen LogP contribution in [-0.2, 0) is 0 Å². The van der Waals surface area contributed by atoms with Crippen LogP contribution in [0, 0.1) is 0 Å². The lowest BCUT2D eigenvalue weighted by Gasteiger charge is -2.23. The van der Waals surface area contributed by atoms with Gasteiger partial charge in [0.25, 0.3) is 0 Å². The molecule has 0 aromatic heterocycles. The molecule has 1 N–H and O–H groups in total. The molecule has 0 aromatic carbocycles. The van der Waals surface area contributed by atoms with Crippen LogP contribution in [0.5, 0.6) is 0 Å². The van der Waals surface area contributed by atoms with Crippen molar-refractivity contribution in [2.75, 3.05) is 38.5 Å². The summed E-state index contributed by atoms with van der Waals surface area (Å²) in [6.45, 7) is 12.9. The molecule has 0 bridgehead atoms. The predicted octanol–water partition coefficient (Wildman–Crippen LogP) is 2.59. The van der Waals surface area contributed by atoms with E-state index in [2.05, 4.69) is 42.7 Å². The van der Waals surface area contributed by atoms with Crippen molar-refractivity contribution >= 4 is 11.8 Å². The number of hydrogen-bond donors (Lipinski definition) is 1. The number of nitrogens with one attached hydrogen (secondary N) is 1. The molecule has 0 amide bonds. The molecular weight excluding hydrogens is 216 g/mol. The highest BCUT2D eigenvalue weighted by Crippen LogP contribution is 2.36. The molecule has 1 atom stereocenters. The Morgan fingerprint density at radius 2 is 2.06 bits per heavy atom. The van der Waals surface area contributed by atoms with Gasteiger partial charge in [-0.25, -0.2) is 0 Å². The molecule has 1 unspecified atom stereocenters. The van der Waals surface area contributed by atoms with Crippen LogP contribution < -0.4 is 5.32 Å². The van der Waals surface area contributed by atoms with Gasteiger partial charge in [0.15, 0.2) is 0 Å². The minimum Gasteiger partial charge on any atom is -0.315 e. The van der Waals surface area contributed by atoms with Crippen molar-refractivity contribution in [1.82, 2.24) is 10.2 Å². The van der Waals surface area contributed by atoms with Crippen LogP contribution in [0.25, 0.3) is 0 Å². The van der Waals surface area contributed by atoms with Crippen LogP contribution in [0.2, 0.25) is 0 Å². The third-order valence-corrected chi connectivity index (χ3v) is 5.06. The summed E-state index contributed by atoms with van der Waals surface area (Å²) in [6.07, 6.45) is 4.07. The molecular formula is C13H28N2S. The molecule has 1 saturated heterocycles. The monoisotopic (exact) mass is 244 g/mol. The van der Waals surface area contributed by atoms with Crippen LogP contribution in [-0.4, -0.2) is 48.1 Å². The van der Waals surface area contributed by atoms with Gasteiger partial charge in [0.2, 0.25) is 0 Å². The summed E-state index contributed by atoms with van der Waals surface area (Å²) in [5.74, 6) is 1.36. The molecule has 0 aliphatic carbocycles. The van der Waals surface area contributed by atoms with Gasteiger partial charge >= 0.3 is 0 Å². The van der Waals surface area contributed by atoms with Gasteiger partial charge in [-0.3, -0.25) is 0 Å². The van der Waals surface area contributed by atoms with E-state index < -0.39 is 0 Å². The fourth-order valence-electron chi connectivity index (χ4n) is 2.30. The van der Waals surface area contributed by atoms with Crippen molar-refractivity contribution < 1.29 is 0 Å². The molecule has 2 nitrogen and oxygen atoms in total. The molecule has 1 aliphatic rings. The molecule has 96 valence electrons. The summed E-state index contributed by atoms with van der Waals surface area (Å²) >= 11 is 2.15. The molecule has 0 aromatic rings. The van der Waals surface area contributed by atoms with Crippen molar-refractivity contribution in [1.29, 1.82) is 0 Å². The molecule has 0 saturated carbocycles. The highest BCUT2D eigenvalue weighted by molar-refractivity contribution is 8.00. The third kappa shape index (κ3) is 5.07. The number of rotatable bonds is 8. The van der Waals surface area contributed by atoms with Gasteiger partial charge in [0.1, 0.15) is 0 Å². The highest BCUT2D eigenvalue weighted by Gasteiger charge is 2.28. The van der Waals surface area contributed by atoms with Crippen molar-refractivity contribution in [3.63, 3.8) is 0 Å². The maximum Gasteiger partial charge on any atom is 0.0256 e.